The van der Waals surface area contributed by atoms with E-state index in [-0.39, 0.29) is 18.4 Å². The normalized spacial score (nSPS) is 23.5. The molecule has 1 aliphatic carbocycles. The van der Waals surface area contributed by atoms with Crippen LogP contribution in [0.25, 0.3) is 6.08 Å². The maximum Gasteiger partial charge on any atom is 0.244 e. The van der Waals surface area contributed by atoms with Crippen LogP contribution >= 0.6 is 0 Å². The second-order valence-corrected chi connectivity index (χ2v) is 5.43. The summed E-state index contributed by atoms with van der Waals surface area (Å²) in [4.78, 5) is 11.5. The number of hydrogen-bond donors (Lipinski definition) is 2. The molecule has 0 bridgehead atoms. The maximum atomic E-state index is 11.5. The SMILES string of the molecule is CC(CO)CNC(=O)/C=C/c1ccc(C2CC2C)o1. The van der Waals surface area contributed by atoms with E-state index in [1.54, 1.807) is 6.08 Å². The van der Waals surface area contributed by atoms with E-state index in [0.29, 0.717) is 24.1 Å². The topological polar surface area (TPSA) is 62.5 Å². The predicted molar refractivity (Wildman–Crippen MR) is 73.5 cm³/mol. The summed E-state index contributed by atoms with van der Waals surface area (Å²) in [5.41, 5.74) is 0. The molecular formula is C15H21NO3. The van der Waals surface area contributed by atoms with Crippen molar-refractivity contribution in [3.8, 4) is 0 Å². The molecule has 19 heavy (non-hydrogen) atoms. The van der Waals surface area contributed by atoms with Crippen LogP contribution in [0.5, 0.6) is 0 Å². The molecule has 104 valence electrons. The lowest BCUT2D eigenvalue weighted by Gasteiger charge is -2.07. The summed E-state index contributed by atoms with van der Waals surface area (Å²) >= 11 is 0. The average Bonchev–Trinajstić information content (AvgIpc) is 2.95. The smallest absolute Gasteiger partial charge is 0.244 e. The van der Waals surface area contributed by atoms with E-state index in [1.165, 1.54) is 12.5 Å². The van der Waals surface area contributed by atoms with E-state index in [1.807, 2.05) is 19.1 Å². The zero-order valence-corrected chi connectivity index (χ0v) is 11.4. The Morgan fingerprint density at radius 2 is 2.37 bits per heavy atom. The fraction of sp³-hybridized carbons (Fsp3) is 0.533. The molecule has 4 heteroatoms. The summed E-state index contributed by atoms with van der Waals surface area (Å²) in [7, 11) is 0. The largest absolute Gasteiger partial charge is 0.461 e. The second kappa shape index (κ2) is 6.06. The third-order valence-electron chi connectivity index (χ3n) is 3.46. The molecule has 4 nitrogen and oxygen atoms in total. The van der Waals surface area contributed by atoms with Crippen LogP contribution in [0, 0.1) is 11.8 Å². The molecule has 0 radical (unpaired) electrons. The Labute approximate surface area is 113 Å². The predicted octanol–water partition coefficient (Wildman–Crippen LogP) is 2.16. The van der Waals surface area contributed by atoms with Crippen LogP contribution in [0.2, 0.25) is 0 Å². The number of furan rings is 1. The lowest BCUT2D eigenvalue weighted by Crippen LogP contribution is -2.27. The molecule has 0 saturated heterocycles. The highest BCUT2D eigenvalue weighted by atomic mass is 16.3. The van der Waals surface area contributed by atoms with Gasteiger partial charge in [-0.15, -0.1) is 0 Å². The molecule has 1 aliphatic rings. The Balaban J connectivity index is 1.81. The Kier molecular flexibility index (Phi) is 4.43. The fourth-order valence-corrected chi connectivity index (χ4v) is 1.93. The van der Waals surface area contributed by atoms with Gasteiger partial charge in [0, 0.05) is 25.1 Å². The van der Waals surface area contributed by atoms with Crippen molar-refractivity contribution in [3.05, 3.63) is 29.7 Å². The minimum Gasteiger partial charge on any atom is -0.461 e. The molecule has 1 heterocycles. The third-order valence-corrected chi connectivity index (χ3v) is 3.46. The average molecular weight is 263 g/mol. The van der Waals surface area contributed by atoms with Crippen molar-refractivity contribution in [3.63, 3.8) is 0 Å². The highest BCUT2D eigenvalue weighted by molar-refractivity contribution is 5.91. The number of rotatable bonds is 6. The summed E-state index contributed by atoms with van der Waals surface area (Å²) in [5.74, 6) is 2.90. The Morgan fingerprint density at radius 3 is 3.00 bits per heavy atom. The molecule has 1 fully saturated rings. The number of aliphatic hydroxyl groups excluding tert-OH is 1. The zero-order valence-electron chi connectivity index (χ0n) is 11.4. The van der Waals surface area contributed by atoms with E-state index >= 15 is 0 Å². The van der Waals surface area contributed by atoms with Gasteiger partial charge in [0.2, 0.25) is 5.91 Å². The van der Waals surface area contributed by atoms with Crippen molar-refractivity contribution in [2.75, 3.05) is 13.2 Å². The van der Waals surface area contributed by atoms with E-state index in [2.05, 4.69) is 12.2 Å². The summed E-state index contributed by atoms with van der Waals surface area (Å²) < 4.78 is 5.67. The van der Waals surface area contributed by atoms with Crippen molar-refractivity contribution in [2.45, 2.75) is 26.2 Å². The third kappa shape index (κ3) is 3.96. The fourth-order valence-electron chi connectivity index (χ4n) is 1.93. The maximum absolute atomic E-state index is 11.5. The van der Waals surface area contributed by atoms with Crippen LogP contribution in [0.15, 0.2) is 22.6 Å². The molecular weight excluding hydrogens is 242 g/mol. The number of aliphatic hydroxyl groups is 1. The molecule has 0 spiro atoms. The van der Waals surface area contributed by atoms with Crippen LogP contribution < -0.4 is 5.32 Å². The van der Waals surface area contributed by atoms with Crippen molar-refractivity contribution in [1.82, 2.24) is 5.32 Å². The lowest BCUT2D eigenvalue weighted by molar-refractivity contribution is -0.116. The first-order chi connectivity index (χ1) is 9.10. The van der Waals surface area contributed by atoms with Gasteiger partial charge in [0.1, 0.15) is 11.5 Å². The number of carbonyl (C=O) groups excluding carboxylic acids is 1. The first kappa shape index (κ1) is 13.9. The van der Waals surface area contributed by atoms with Crippen molar-refractivity contribution in [2.24, 2.45) is 11.8 Å². The quantitative estimate of drug-likeness (QED) is 0.773. The summed E-state index contributed by atoms with van der Waals surface area (Å²) in [6.07, 6.45) is 4.33. The molecule has 2 N–H and O–H groups in total. The molecule has 1 aromatic heterocycles. The molecule has 2 rings (SSSR count). The van der Waals surface area contributed by atoms with E-state index in [9.17, 15) is 4.79 Å². The van der Waals surface area contributed by atoms with E-state index < -0.39 is 0 Å². The number of hydrogen-bond acceptors (Lipinski definition) is 3. The lowest BCUT2D eigenvalue weighted by atomic mass is 10.2. The molecule has 0 aromatic carbocycles. The van der Waals surface area contributed by atoms with Gasteiger partial charge in [0.15, 0.2) is 0 Å². The summed E-state index contributed by atoms with van der Waals surface area (Å²) in [6, 6.07) is 3.88. The molecule has 1 aromatic rings. The minimum absolute atomic E-state index is 0.0731. The monoisotopic (exact) mass is 263 g/mol. The van der Waals surface area contributed by atoms with Crippen molar-refractivity contribution >= 4 is 12.0 Å². The van der Waals surface area contributed by atoms with Gasteiger partial charge in [-0.05, 0) is 36.5 Å². The first-order valence-corrected chi connectivity index (χ1v) is 6.76. The second-order valence-electron chi connectivity index (χ2n) is 5.43. The first-order valence-electron chi connectivity index (χ1n) is 6.76. The summed E-state index contributed by atoms with van der Waals surface area (Å²) in [5, 5.41) is 11.6. The molecule has 3 atom stereocenters. The van der Waals surface area contributed by atoms with Crippen molar-refractivity contribution < 1.29 is 14.3 Å². The van der Waals surface area contributed by atoms with Crippen LogP contribution in [0.4, 0.5) is 0 Å². The number of carbonyl (C=O) groups is 1. The highest BCUT2D eigenvalue weighted by Crippen LogP contribution is 2.47. The van der Waals surface area contributed by atoms with Gasteiger partial charge >= 0.3 is 0 Å². The van der Waals surface area contributed by atoms with E-state index in [0.717, 1.165) is 5.76 Å². The molecule has 1 amide bonds. The van der Waals surface area contributed by atoms with E-state index in [4.69, 9.17) is 9.52 Å². The van der Waals surface area contributed by atoms with Crippen LogP contribution in [0.1, 0.15) is 37.7 Å². The number of amides is 1. The van der Waals surface area contributed by atoms with Gasteiger partial charge in [-0.2, -0.15) is 0 Å². The molecule has 3 unspecified atom stereocenters. The van der Waals surface area contributed by atoms with Gasteiger partial charge in [0.05, 0.1) is 0 Å². The number of nitrogens with one attached hydrogen (secondary N) is 1. The Hall–Kier alpha value is -1.55. The molecule has 1 saturated carbocycles. The van der Waals surface area contributed by atoms with Gasteiger partial charge in [-0.3, -0.25) is 4.79 Å². The van der Waals surface area contributed by atoms with Crippen molar-refractivity contribution in [1.29, 1.82) is 0 Å². The Morgan fingerprint density at radius 1 is 1.63 bits per heavy atom. The summed E-state index contributed by atoms with van der Waals surface area (Å²) in [6.45, 7) is 4.63. The highest BCUT2D eigenvalue weighted by Gasteiger charge is 2.36. The van der Waals surface area contributed by atoms with Gasteiger partial charge in [-0.1, -0.05) is 13.8 Å². The van der Waals surface area contributed by atoms with Gasteiger partial charge in [0.25, 0.3) is 0 Å². The van der Waals surface area contributed by atoms with Crippen LogP contribution in [0.3, 0.4) is 0 Å². The minimum atomic E-state index is -0.168. The molecule has 0 aliphatic heterocycles. The zero-order chi connectivity index (χ0) is 13.8. The Bertz CT molecular complexity index is 464. The van der Waals surface area contributed by atoms with Gasteiger partial charge < -0.3 is 14.8 Å². The van der Waals surface area contributed by atoms with Gasteiger partial charge in [-0.25, -0.2) is 0 Å². The standard InChI is InChI=1S/C15H21NO3/c1-10(9-17)8-16-15(18)6-4-12-3-5-14(19-12)13-7-11(13)2/h3-6,10-11,13,17H,7-9H2,1-2H3,(H,16,18)/b6-4+. The van der Waals surface area contributed by atoms with Crippen LogP contribution in [-0.4, -0.2) is 24.2 Å². The van der Waals surface area contributed by atoms with Crippen LogP contribution in [-0.2, 0) is 4.79 Å².